The Labute approximate surface area is 284 Å². The molecule has 4 heterocycles. The number of fused-ring (bicyclic) bond motifs is 6. The lowest BCUT2D eigenvalue weighted by Gasteiger charge is -2.41. The molecule has 0 amide bonds. The molecule has 0 saturated heterocycles. The summed E-state index contributed by atoms with van der Waals surface area (Å²) in [5.74, 6) is 0.857. The fourth-order valence-electron chi connectivity index (χ4n) is 7.70. The van der Waals surface area contributed by atoms with E-state index < -0.39 is 6.17 Å². The Morgan fingerprint density at radius 2 is 1.35 bits per heavy atom. The number of hydrogen-bond acceptors (Lipinski definition) is 3. The van der Waals surface area contributed by atoms with Gasteiger partial charge in [0, 0.05) is 51.1 Å². The van der Waals surface area contributed by atoms with Crippen molar-refractivity contribution in [2.24, 2.45) is 0 Å². The maximum absolute atomic E-state index is 16.5. The molecule has 1 aliphatic heterocycles. The molecule has 1 unspecified atom stereocenters. The number of nitrogens with zero attached hydrogens (tertiary/aromatic N) is 4. The van der Waals surface area contributed by atoms with Crippen molar-refractivity contribution in [3.05, 3.63) is 180 Å². The minimum Gasteiger partial charge on any atom is -0.309 e. The molecule has 4 nitrogen and oxygen atoms in total. The molecule has 1 aliphatic rings. The lowest BCUT2D eigenvalue weighted by molar-refractivity contribution is 0.402. The van der Waals surface area contributed by atoms with E-state index in [1.807, 2.05) is 72.9 Å². The van der Waals surface area contributed by atoms with Gasteiger partial charge in [-0.05, 0) is 83.4 Å². The quantitative estimate of drug-likeness (QED) is 0.188. The minimum atomic E-state index is -1.32. The zero-order valence-electron chi connectivity index (χ0n) is 27.3. The highest BCUT2D eigenvalue weighted by Gasteiger charge is 2.40. The third-order valence-electron chi connectivity index (χ3n) is 9.93. The SMILES string of the molecule is CC1(C)c2cccnc2N(c2cccc(C(F)c3cccc(-c4ccccn4)c3)c2)c2ccc3c(c21)c1ccccc1n3-c1ccccc1. The Bertz CT molecular complexity index is 2500. The van der Waals surface area contributed by atoms with Crippen LogP contribution < -0.4 is 4.90 Å². The van der Waals surface area contributed by atoms with Gasteiger partial charge in [0.1, 0.15) is 5.82 Å². The van der Waals surface area contributed by atoms with Crippen LogP contribution in [-0.2, 0) is 5.41 Å². The van der Waals surface area contributed by atoms with E-state index in [0.29, 0.717) is 11.1 Å². The van der Waals surface area contributed by atoms with Gasteiger partial charge in [0.2, 0.25) is 0 Å². The third kappa shape index (κ3) is 4.57. The van der Waals surface area contributed by atoms with Gasteiger partial charge in [-0.1, -0.05) is 92.7 Å². The van der Waals surface area contributed by atoms with Gasteiger partial charge in [0.25, 0.3) is 0 Å². The van der Waals surface area contributed by atoms with Crippen LogP contribution in [0.4, 0.5) is 21.6 Å². The highest BCUT2D eigenvalue weighted by atomic mass is 19.1. The zero-order chi connectivity index (χ0) is 33.1. The number of hydrogen-bond donors (Lipinski definition) is 0. The Balaban J connectivity index is 1.24. The zero-order valence-corrected chi connectivity index (χ0v) is 27.3. The van der Waals surface area contributed by atoms with Gasteiger partial charge in [0.15, 0.2) is 6.17 Å². The van der Waals surface area contributed by atoms with Gasteiger partial charge < -0.3 is 4.57 Å². The molecule has 0 radical (unpaired) electrons. The fraction of sp³-hybridized carbons (Fsp3) is 0.0909. The second kappa shape index (κ2) is 11.3. The van der Waals surface area contributed by atoms with E-state index in [9.17, 15) is 0 Å². The number of alkyl halides is 1. The first-order valence-corrected chi connectivity index (χ1v) is 16.6. The van der Waals surface area contributed by atoms with Crippen molar-refractivity contribution in [1.29, 1.82) is 0 Å². The van der Waals surface area contributed by atoms with E-state index in [4.69, 9.17) is 4.98 Å². The second-order valence-corrected chi connectivity index (χ2v) is 13.2. The first-order valence-electron chi connectivity index (χ1n) is 16.6. The average molecular weight is 637 g/mol. The number of anilines is 3. The summed E-state index contributed by atoms with van der Waals surface area (Å²) in [4.78, 5) is 11.7. The summed E-state index contributed by atoms with van der Waals surface area (Å²) in [6, 6.07) is 49.1. The molecule has 0 bridgehead atoms. The van der Waals surface area contributed by atoms with E-state index in [0.717, 1.165) is 50.7 Å². The minimum absolute atomic E-state index is 0.368. The Hall–Kier alpha value is -6.07. The topological polar surface area (TPSA) is 34.0 Å². The molecule has 9 rings (SSSR count). The van der Waals surface area contributed by atoms with Crippen molar-refractivity contribution in [2.75, 3.05) is 4.90 Å². The normalized spacial score (nSPS) is 14.1. The molecule has 5 aromatic carbocycles. The molecular weight excluding hydrogens is 604 g/mol. The van der Waals surface area contributed by atoms with E-state index in [-0.39, 0.29) is 5.41 Å². The summed E-state index contributed by atoms with van der Waals surface area (Å²) in [5.41, 5.74) is 10.2. The summed E-state index contributed by atoms with van der Waals surface area (Å²) < 4.78 is 18.9. The molecule has 236 valence electrons. The van der Waals surface area contributed by atoms with Crippen LogP contribution in [0.3, 0.4) is 0 Å². The molecule has 0 spiro atoms. The van der Waals surface area contributed by atoms with Crippen LogP contribution in [0.1, 0.15) is 42.3 Å². The largest absolute Gasteiger partial charge is 0.309 e. The van der Waals surface area contributed by atoms with Crippen molar-refractivity contribution in [2.45, 2.75) is 25.4 Å². The number of halogens is 1. The monoisotopic (exact) mass is 636 g/mol. The maximum Gasteiger partial charge on any atom is 0.150 e. The summed E-state index contributed by atoms with van der Waals surface area (Å²) >= 11 is 0. The highest BCUT2D eigenvalue weighted by molar-refractivity contribution is 6.14. The van der Waals surface area contributed by atoms with Crippen LogP contribution >= 0.6 is 0 Å². The third-order valence-corrected chi connectivity index (χ3v) is 9.93. The van der Waals surface area contributed by atoms with Crippen LogP contribution in [0, 0.1) is 0 Å². The molecule has 49 heavy (non-hydrogen) atoms. The summed E-state index contributed by atoms with van der Waals surface area (Å²) in [5, 5.41) is 2.41. The number of para-hydroxylation sites is 2. The molecule has 3 aromatic heterocycles. The molecule has 0 fully saturated rings. The predicted octanol–water partition coefficient (Wildman–Crippen LogP) is 11.4. The first kappa shape index (κ1) is 29.1. The van der Waals surface area contributed by atoms with E-state index >= 15 is 4.39 Å². The summed E-state index contributed by atoms with van der Waals surface area (Å²) in [6.07, 6.45) is 2.28. The van der Waals surface area contributed by atoms with E-state index in [1.54, 1.807) is 6.20 Å². The average Bonchev–Trinajstić information content (AvgIpc) is 3.50. The lowest BCUT2D eigenvalue weighted by Crippen LogP contribution is -2.31. The number of benzene rings is 5. The van der Waals surface area contributed by atoms with Gasteiger partial charge in [-0.2, -0.15) is 0 Å². The molecule has 0 saturated carbocycles. The van der Waals surface area contributed by atoms with E-state index in [1.165, 1.54) is 16.3 Å². The van der Waals surface area contributed by atoms with Gasteiger partial charge in [-0.25, -0.2) is 9.37 Å². The Morgan fingerprint density at radius 1 is 0.612 bits per heavy atom. The molecule has 8 aromatic rings. The number of rotatable bonds is 5. The lowest BCUT2D eigenvalue weighted by atomic mass is 9.73. The number of aromatic nitrogens is 3. The van der Waals surface area contributed by atoms with Crippen LogP contribution in [0.5, 0.6) is 0 Å². The molecule has 0 aliphatic carbocycles. The van der Waals surface area contributed by atoms with E-state index in [2.05, 4.69) is 107 Å². The van der Waals surface area contributed by atoms with Crippen LogP contribution in [0.15, 0.2) is 158 Å². The van der Waals surface area contributed by atoms with Crippen molar-refractivity contribution < 1.29 is 4.39 Å². The Kier molecular flexibility index (Phi) is 6.70. The van der Waals surface area contributed by atoms with Gasteiger partial charge in [-0.15, -0.1) is 0 Å². The van der Waals surface area contributed by atoms with Crippen molar-refractivity contribution in [1.82, 2.24) is 14.5 Å². The van der Waals surface area contributed by atoms with Gasteiger partial charge in [0.05, 0.1) is 22.4 Å². The van der Waals surface area contributed by atoms with Crippen LogP contribution in [-0.4, -0.2) is 14.5 Å². The van der Waals surface area contributed by atoms with Crippen molar-refractivity contribution in [3.8, 4) is 16.9 Å². The Morgan fingerprint density at radius 3 is 2.18 bits per heavy atom. The predicted molar refractivity (Wildman–Crippen MR) is 198 cm³/mol. The van der Waals surface area contributed by atoms with Crippen molar-refractivity contribution in [3.63, 3.8) is 0 Å². The maximum atomic E-state index is 16.5. The standard InChI is InChI=1S/C44H33FN4/c1-44(2)35-20-12-26-47-43(35)49(33-18-11-15-31(28-33)42(45)30-14-10-13-29(27-30)36-21-8-9-25-46-36)39-24-23-38-40(41(39)44)34-19-6-7-22-37(34)48(38)32-16-4-3-5-17-32/h3-28,42H,1-2H3. The molecule has 1 atom stereocenters. The summed E-state index contributed by atoms with van der Waals surface area (Å²) in [6.45, 7) is 4.58. The van der Waals surface area contributed by atoms with Crippen LogP contribution in [0.25, 0.3) is 38.8 Å². The first-order chi connectivity index (χ1) is 24.0. The molecular formula is C44H33FN4. The summed E-state index contributed by atoms with van der Waals surface area (Å²) in [7, 11) is 0. The van der Waals surface area contributed by atoms with Crippen molar-refractivity contribution >= 4 is 39.0 Å². The smallest absolute Gasteiger partial charge is 0.150 e. The van der Waals surface area contributed by atoms with Crippen LogP contribution in [0.2, 0.25) is 0 Å². The molecule has 0 N–H and O–H groups in total. The van der Waals surface area contributed by atoms with Gasteiger partial charge >= 0.3 is 0 Å². The highest BCUT2D eigenvalue weighted by Crippen LogP contribution is 2.55. The second-order valence-electron chi connectivity index (χ2n) is 13.2. The molecule has 5 heteroatoms. The van der Waals surface area contributed by atoms with Gasteiger partial charge in [-0.3, -0.25) is 9.88 Å². The number of pyridine rings is 2. The fourth-order valence-corrected chi connectivity index (χ4v) is 7.70.